The normalized spacial score (nSPS) is 14.7. The number of ether oxygens (including phenoxy) is 1. The lowest BCUT2D eigenvalue weighted by Crippen LogP contribution is -2.47. The van der Waals surface area contributed by atoms with Gasteiger partial charge in [0.15, 0.2) is 0 Å². The maximum absolute atomic E-state index is 13.5. The summed E-state index contributed by atoms with van der Waals surface area (Å²) in [5, 5.41) is 3.02. The second-order valence-electron chi connectivity index (χ2n) is 19.6. The number of unbranched alkanes of at least 4 members (excludes halogenated alkanes) is 21. The van der Waals surface area contributed by atoms with Crippen LogP contribution in [0, 0.1) is 0 Å². The Hall–Kier alpha value is -3.59. The van der Waals surface area contributed by atoms with E-state index in [4.69, 9.17) is 13.8 Å². The number of rotatable bonds is 48. The van der Waals surface area contributed by atoms with Crippen molar-refractivity contribution < 1.29 is 37.3 Å². The topological polar surface area (TPSA) is 111 Å². The third kappa shape index (κ3) is 51.1. The van der Waals surface area contributed by atoms with E-state index < -0.39 is 20.0 Å². The lowest BCUT2D eigenvalue weighted by molar-refractivity contribution is -0.870. The molecule has 0 saturated carbocycles. The number of quaternary nitrogens is 1. The molecular weight excluding hydrogens is 904 g/mol. The lowest BCUT2D eigenvalue weighted by Gasteiger charge is -2.27. The van der Waals surface area contributed by atoms with Crippen LogP contribution in [0.4, 0.5) is 0 Å². The minimum absolute atomic E-state index is 0.0229. The molecule has 71 heavy (non-hydrogen) atoms. The number of likely N-dealkylation sites (N-methyl/N-ethyl adjacent to an activating group) is 1. The summed E-state index contributed by atoms with van der Waals surface area (Å²) in [7, 11) is 1.44. The molecule has 10 heteroatoms. The van der Waals surface area contributed by atoms with Crippen molar-refractivity contribution >= 4 is 19.7 Å². The van der Waals surface area contributed by atoms with Gasteiger partial charge in [0, 0.05) is 12.8 Å². The molecule has 0 rings (SSSR count). The van der Waals surface area contributed by atoms with Gasteiger partial charge in [0.05, 0.1) is 33.8 Å². The number of esters is 1. The second kappa shape index (κ2) is 50.0. The van der Waals surface area contributed by atoms with E-state index >= 15 is 0 Å². The Bertz CT molecular complexity index is 1630. The van der Waals surface area contributed by atoms with Crippen molar-refractivity contribution in [2.45, 2.75) is 213 Å². The number of phosphoric ester groups is 1. The summed E-state index contributed by atoms with van der Waals surface area (Å²) in [5.41, 5.74) is 0. The maximum atomic E-state index is 13.5. The van der Waals surface area contributed by atoms with Gasteiger partial charge in [-0.3, -0.25) is 18.6 Å². The second-order valence-corrected chi connectivity index (χ2v) is 21.0. The van der Waals surface area contributed by atoms with Crippen molar-refractivity contribution in [2.24, 2.45) is 0 Å². The van der Waals surface area contributed by atoms with Crippen molar-refractivity contribution in [1.29, 1.82) is 0 Å². The number of hydrogen-bond donors (Lipinski definition) is 2. The van der Waals surface area contributed by atoms with Crippen LogP contribution in [0.25, 0.3) is 0 Å². The Morgan fingerprint density at radius 1 is 0.507 bits per heavy atom. The van der Waals surface area contributed by atoms with Gasteiger partial charge in [0.25, 0.3) is 0 Å². The molecule has 0 fully saturated rings. The van der Waals surface area contributed by atoms with Gasteiger partial charge in [-0.2, -0.15) is 0 Å². The zero-order chi connectivity index (χ0) is 52.2. The van der Waals surface area contributed by atoms with E-state index in [9.17, 15) is 19.0 Å². The molecule has 0 saturated heterocycles. The van der Waals surface area contributed by atoms with Crippen LogP contribution in [0.15, 0.2) is 122 Å². The van der Waals surface area contributed by atoms with Crippen LogP contribution in [0.3, 0.4) is 0 Å². The average Bonchev–Trinajstić information content (AvgIpc) is 3.33. The number of phosphoric acid groups is 1. The lowest BCUT2D eigenvalue weighted by atomic mass is 10.0. The Morgan fingerprint density at radius 2 is 0.901 bits per heavy atom. The van der Waals surface area contributed by atoms with E-state index in [1.165, 1.54) is 77.0 Å². The van der Waals surface area contributed by atoms with E-state index in [0.29, 0.717) is 23.9 Å². The first-order valence-corrected chi connectivity index (χ1v) is 29.5. The molecule has 3 unspecified atom stereocenters. The molecule has 404 valence electrons. The number of nitrogens with zero attached hydrogens (tertiary/aromatic N) is 1. The fourth-order valence-corrected chi connectivity index (χ4v) is 8.06. The monoisotopic (exact) mass is 1010 g/mol. The van der Waals surface area contributed by atoms with Gasteiger partial charge in [0.1, 0.15) is 19.3 Å². The van der Waals surface area contributed by atoms with E-state index in [2.05, 4.69) is 74.7 Å². The molecular formula is C61H104N2O7P+. The molecule has 0 aliphatic carbocycles. The molecule has 0 aromatic carbocycles. The zero-order valence-electron chi connectivity index (χ0n) is 45.9. The third-order valence-corrected chi connectivity index (χ3v) is 12.6. The van der Waals surface area contributed by atoms with Crippen LogP contribution in [0.2, 0.25) is 0 Å². The van der Waals surface area contributed by atoms with Crippen molar-refractivity contribution in [3.8, 4) is 0 Å². The Balaban J connectivity index is 5.52. The van der Waals surface area contributed by atoms with Crippen LogP contribution in [0.1, 0.15) is 201 Å². The predicted octanol–water partition coefficient (Wildman–Crippen LogP) is 16.8. The highest BCUT2D eigenvalue weighted by molar-refractivity contribution is 7.47. The summed E-state index contributed by atoms with van der Waals surface area (Å²) >= 11 is 0. The van der Waals surface area contributed by atoms with Crippen molar-refractivity contribution in [3.63, 3.8) is 0 Å². The first kappa shape index (κ1) is 67.4. The molecule has 0 bridgehead atoms. The van der Waals surface area contributed by atoms with Gasteiger partial charge in [-0.1, -0.05) is 239 Å². The largest absolute Gasteiger partial charge is 0.472 e. The summed E-state index contributed by atoms with van der Waals surface area (Å²) in [4.78, 5) is 37.6. The van der Waals surface area contributed by atoms with E-state index in [1.54, 1.807) is 0 Å². The predicted molar refractivity (Wildman–Crippen MR) is 304 cm³/mol. The number of allylic oxidation sites excluding steroid dienone is 19. The minimum Gasteiger partial charge on any atom is -0.456 e. The summed E-state index contributed by atoms with van der Waals surface area (Å²) in [6.45, 7) is 6.67. The molecule has 0 aliphatic rings. The van der Waals surface area contributed by atoms with Crippen LogP contribution >= 0.6 is 7.82 Å². The van der Waals surface area contributed by atoms with Crippen molar-refractivity contribution in [1.82, 2.24) is 5.32 Å². The van der Waals surface area contributed by atoms with Gasteiger partial charge in [-0.25, -0.2) is 4.57 Å². The summed E-state index contributed by atoms with van der Waals surface area (Å²) < 4.78 is 30.6. The highest BCUT2D eigenvalue weighted by Crippen LogP contribution is 2.43. The molecule has 0 spiro atoms. The molecule has 0 aromatic heterocycles. The number of carbonyl (C=O) groups is 2. The van der Waals surface area contributed by atoms with Crippen molar-refractivity contribution in [3.05, 3.63) is 122 Å². The fourth-order valence-electron chi connectivity index (χ4n) is 7.32. The number of nitrogens with one attached hydrogen (secondary N) is 1. The molecule has 0 heterocycles. The molecule has 2 N–H and O–H groups in total. The zero-order valence-corrected chi connectivity index (χ0v) is 46.8. The Morgan fingerprint density at radius 3 is 1.37 bits per heavy atom. The van der Waals surface area contributed by atoms with Crippen LogP contribution in [0.5, 0.6) is 0 Å². The maximum Gasteiger partial charge on any atom is 0.472 e. The smallest absolute Gasteiger partial charge is 0.456 e. The van der Waals surface area contributed by atoms with Crippen LogP contribution < -0.4 is 5.32 Å². The quantitative estimate of drug-likeness (QED) is 0.0156. The standard InChI is InChI=1S/C61H103N2O7P/c1-7-10-13-16-19-22-25-28-30-31-33-36-39-42-45-48-51-54-61(65)70-59(52-49-46-43-40-37-34-27-24-21-18-15-12-9-3)58(57-69-71(66,67)68-56-55-63(4,5)6)62-60(64)53-50-47-44-41-38-35-32-29-26-23-20-17-14-11-8-2/h10-11,13-14,16-17,19-20,22-23,25-26,28,30-31,33,36,39,49,52,58-59H,7-9,12,15,18,21,24,27,29,32,34-35,37-38,40-48,50-51,53-57H2,1-6H3,(H-,62,64,66,67)/p+1/b13-10-,14-11+,19-16+,20-17+,25-22+,26-23+,30-28-,33-31+,39-36+,52-49+. The van der Waals surface area contributed by atoms with Gasteiger partial charge in [-0.15, -0.1) is 0 Å². The Kier molecular flexibility index (Phi) is 47.4. The first-order chi connectivity index (χ1) is 34.4. The van der Waals surface area contributed by atoms with E-state index in [0.717, 1.165) is 83.5 Å². The number of hydrogen-bond acceptors (Lipinski definition) is 6. The van der Waals surface area contributed by atoms with E-state index in [-0.39, 0.29) is 31.5 Å². The fraction of sp³-hybridized carbons (Fsp3) is 0.639. The van der Waals surface area contributed by atoms with Gasteiger partial charge >= 0.3 is 13.8 Å². The Labute approximate surface area is 435 Å². The van der Waals surface area contributed by atoms with Gasteiger partial charge < -0.3 is 19.4 Å². The van der Waals surface area contributed by atoms with Crippen LogP contribution in [-0.2, 0) is 27.9 Å². The highest BCUT2D eigenvalue weighted by Gasteiger charge is 2.30. The van der Waals surface area contributed by atoms with Crippen LogP contribution in [-0.4, -0.2) is 74.3 Å². The summed E-state index contributed by atoms with van der Waals surface area (Å²) in [6.07, 6.45) is 69.0. The molecule has 0 radical (unpaired) electrons. The number of amides is 1. The van der Waals surface area contributed by atoms with Gasteiger partial charge in [-0.05, 0) is 70.3 Å². The summed E-state index contributed by atoms with van der Waals surface area (Å²) in [6, 6.07) is -0.881. The summed E-state index contributed by atoms with van der Waals surface area (Å²) in [5.74, 6) is -0.581. The molecule has 0 aliphatic heterocycles. The first-order valence-electron chi connectivity index (χ1n) is 28.0. The molecule has 9 nitrogen and oxygen atoms in total. The molecule has 0 aromatic rings. The van der Waals surface area contributed by atoms with Crippen molar-refractivity contribution in [2.75, 3.05) is 40.9 Å². The third-order valence-electron chi connectivity index (χ3n) is 11.6. The molecule has 3 atom stereocenters. The minimum atomic E-state index is -4.47. The highest BCUT2D eigenvalue weighted by atomic mass is 31.2. The SMILES string of the molecule is CC\C=C/C=C/C=C/C=C\C=C\C=C\CCCCCC(=O)OC(/C=C/CCCCCCCCCCCCC)C(COP(=O)(O)OCC[N+](C)(C)C)NC(=O)CCCCCCCCC/C=C/C=C/C=C/CC. The average molecular weight is 1010 g/mol. The number of carbonyl (C=O) groups excluding carboxylic acids is 2. The van der Waals surface area contributed by atoms with E-state index in [1.807, 2.05) is 94.1 Å². The van der Waals surface area contributed by atoms with Gasteiger partial charge in [0.2, 0.25) is 5.91 Å². The molecule has 1 amide bonds.